The molecule has 0 amide bonds. The molecule has 0 radical (unpaired) electrons. The molecule has 0 aromatic heterocycles. The van der Waals surface area contributed by atoms with Crippen molar-refractivity contribution in [3.63, 3.8) is 0 Å². The largest absolute Gasteiger partial charge is 0.488 e. The zero-order valence-electron chi connectivity index (χ0n) is 17.7. The van der Waals surface area contributed by atoms with Crippen molar-refractivity contribution in [3.8, 4) is 17.9 Å². The van der Waals surface area contributed by atoms with Crippen molar-refractivity contribution < 1.29 is 23.7 Å². The molecule has 2 aromatic rings. The highest BCUT2D eigenvalue weighted by atomic mass is 79.9. The first kappa shape index (κ1) is 29.0. The molecule has 2 unspecified atom stereocenters. The van der Waals surface area contributed by atoms with E-state index in [0.717, 1.165) is 4.47 Å². The summed E-state index contributed by atoms with van der Waals surface area (Å²) in [7, 11) is 3.19. The van der Waals surface area contributed by atoms with Crippen LogP contribution in [0, 0.1) is 28.5 Å². The van der Waals surface area contributed by atoms with Crippen LogP contribution in [0.15, 0.2) is 45.3 Å². The fourth-order valence-electron chi connectivity index (χ4n) is 2.06. The fraction of sp³-hybridized carbons (Fsp3) is 0.364. The van der Waals surface area contributed by atoms with Gasteiger partial charge in [0.15, 0.2) is 0 Å². The van der Waals surface area contributed by atoms with Crippen molar-refractivity contribution in [2.75, 3.05) is 27.4 Å². The van der Waals surface area contributed by atoms with E-state index >= 15 is 0 Å². The number of nitrogens with zero attached hydrogens (tertiary/aromatic N) is 2. The molecule has 6 nitrogen and oxygen atoms in total. The van der Waals surface area contributed by atoms with E-state index in [4.69, 9.17) is 25.1 Å². The number of methoxy groups -OCH3 is 2. The Morgan fingerprint density at radius 1 is 0.903 bits per heavy atom. The predicted molar refractivity (Wildman–Crippen MR) is 123 cm³/mol. The first-order valence-corrected chi connectivity index (χ1v) is 10.6. The number of halogens is 3. The minimum absolute atomic E-state index is 0.0316. The van der Waals surface area contributed by atoms with Gasteiger partial charge in [-0.05, 0) is 50.2 Å². The monoisotopic (exact) mass is 558 g/mol. The van der Waals surface area contributed by atoms with Gasteiger partial charge in [0.1, 0.15) is 17.7 Å². The smallest absolute Gasteiger partial charge is 0.125 e. The molecule has 0 spiro atoms. The van der Waals surface area contributed by atoms with Crippen LogP contribution in [0.5, 0.6) is 5.75 Å². The number of aliphatic hydroxyl groups is 1. The predicted octanol–water partition coefficient (Wildman–Crippen LogP) is 5.21. The summed E-state index contributed by atoms with van der Waals surface area (Å²) in [6.07, 6.45) is -0.356. The number of hydrogen-bond acceptors (Lipinski definition) is 6. The number of aliphatic hydroxyl groups excluding tert-OH is 1. The first-order chi connectivity index (χ1) is 14.6. The molecule has 0 saturated carbocycles. The number of ether oxygens (including phenoxy) is 3. The van der Waals surface area contributed by atoms with Gasteiger partial charge in [-0.25, -0.2) is 4.39 Å². The summed E-state index contributed by atoms with van der Waals surface area (Å²) in [5.74, 6) is 0.274. The number of benzene rings is 2. The van der Waals surface area contributed by atoms with E-state index in [-0.39, 0.29) is 12.2 Å². The average molecular weight is 560 g/mol. The Morgan fingerprint density at radius 3 is 1.84 bits per heavy atom. The number of nitriles is 2. The van der Waals surface area contributed by atoms with Crippen LogP contribution >= 0.6 is 31.9 Å². The van der Waals surface area contributed by atoms with E-state index in [2.05, 4.69) is 42.7 Å². The Balaban J connectivity index is 0.000000484. The summed E-state index contributed by atoms with van der Waals surface area (Å²) in [5, 5.41) is 25.5. The van der Waals surface area contributed by atoms with Gasteiger partial charge in [0.05, 0.1) is 42.6 Å². The Kier molecular flexibility index (Phi) is 15.6. The quantitative estimate of drug-likeness (QED) is 0.522. The van der Waals surface area contributed by atoms with E-state index in [9.17, 15) is 4.39 Å². The third-order valence-corrected chi connectivity index (χ3v) is 4.05. The van der Waals surface area contributed by atoms with Crippen molar-refractivity contribution in [1.29, 1.82) is 10.5 Å². The van der Waals surface area contributed by atoms with Crippen molar-refractivity contribution in [1.82, 2.24) is 0 Å². The van der Waals surface area contributed by atoms with Crippen molar-refractivity contribution in [3.05, 3.63) is 62.3 Å². The minimum Gasteiger partial charge on any atom is -0.488 e. The average Bonchev–Trinajstić information content (AvgIpc) is 2.67. The van der Waals surface area contributed by atoms with Crippen LogP contribution in [0.25, 0.3) is 0 Å². The van der Waals surface area contributed by atoms with Gasteiger partial charge in [0.2, 0.25) is 0 Å². The fourth-order valence-corrected chi connectivity index (χ4v) is 2.99. The first-order valence-electron chi connectivity index (χ1n) is 9.04. The lowest BCUT2D eigenvalue weighted by Gasteiger charge is -2.13. The summed E-state index contributed by atoms with van der Waals surface area (Å²) in [5.41, 5.74) is 0.899. The van der Waals surface area contributed by atoms with Crippen LogP contribution in [-0.2, 0) is 9.47 Å². The van der Waals surface area contributed by atoms with E-state index in [1.54, 1.807) is 39.3 Å². The molecule has 0 fully saturated rings. The highest BCUT2D eigenvalue weighted by Crippen LogP contribution is 2.22. The molecule has 1 N–H and O–H groups in total. The summed E-state index contributed by atoms with van der Waals surface area (Å²) >= 11 is 6.38. The van der Waals surface area contributed by atoms with Crippen LogP contribution in [0.3, 0.4) is 0 Å². The van der Waals surface area contributed by atoms with Gasteiger partial charge in [-0.3, -0.25) is 0 Å². The van der Waals surface area contributed by atoms with E-state index in [1.807, 2.05) is 19.1 Å². The maximum atomic E-state index is 12.4. The zero-order valence-corrected chi connectivity index (χ0v) is 20.9. The summed E-state index contributed by atoms with van der Waals surface area (Å²) < 4.78 is 28.9. The summed E-state index contributed by atoms with van der Waals surface area (Å²) in [6.45, 7) is 4.55. The van der Waals surface area contributed by atoms with Gasteiger partial charge in [-0.1, -0.05) is 31.9 Å². The summed E-state index contributed by atoms with van der Waals surface area (Å²) in [6, 6.07) is 13.2. The third-order valence-electron chi connectivity index (χ3n) is 3.14. The van der Waals surface area contributed by atoms with Crippen molar-refractivity contribution in [2.45, 2.75) is 26.1 Å². The standard InChI is InChI=1S/C11H12BrNO2.C7H3BrFN.C4H10O2/c1-8(7-14-2)15-11-4-9(6-13)3-10(12)5-11;8-6-1-5(4-10)2-7(9)3-6;1-4(5)3-6-2/h3-5,8H,7H2,1-2H3;1-3H;4-5H,3H2,1-2H3. The lowest BCUT2D eigenvalue weighted by atomic mass is 10.2. The zero-order chi connectivity index (χ0) is 23.8. The minimum atomic E-state index is -0.397. The molecule has 0 aliphatic heterocycles. The van der Waals surface area contributed by atoms with Crippen LogP contribution in [-0.4, -0.2) is 44.7 Å². The topological polar surface area (TPSA) is 95.5 Å². The molecule has 0 saturated heterocycles. The third kappa shape index (κ3) is 14.6. The number of hydrogen-bond donors (Lipinski definition) is 1. The Bertz CT molecular complexity index is 863. The van der Waals surface area contributed by atoms with Gasteiger partial charge < -0.3 is 19.3 Å². The second kappa shape index (κ2) is 16.7. The molecular weight excluding hydrogens is 535 g/mol. The van der Waals surface area contributed by atoms with E-state index in [0.29, 0.717) is 34.6 Å². The molecule has 2 aromatic carbocycles. The second-order valence-electron chi connectivity index (χ2n) is 6.25. The highest BCUT2D eigenvalue weighted by Gasteiger charge is 2.05. The molecule has 0 bridgehead atoms. The molecule has 2 rings (SSSR count). The Labute approximate surface area is 199 Å². The Morgan fingerprint density at radius 2 is 1.42 bits per heavy atom. The molecule has 0 aliphatic carbocycles. The van der Waals surface area contributed by atoms with E-state index in [1.165, 1.54) is 12.1 Å². The van der Waals surface area contributed by atoms with Crippen LogP contribution in [0.2, 0.25) is 0 Å². The molecule has 9 heteroatoms. The second-order valence-corrected chi connectivity index (χ2v) is 8.08. The van der Waals surface area contributed by atoms with Gasteiger partial charge in [-0.15, -0.1) is 0 Å². The molecular formula is C22H25Br2FN2O4. The van der Waals surface area contributed by atoms with Gasteiger partial charge >= 0.3 is 0 Å². The van der Waals surface area contributed by atoms with Gasteiger partial charge in [0, 0.05) is 23.2 Å². The molecule has 2 atom stereocenters. The maximum absolute atomic E-state index is 12.4. The molecule has 0 heterocycles. The van der Waals surface area contributed by atoms with Gasteiger partial charge in [0.25, 0.3) is 0 Å². The normalized spacial score (nSPS) is 11.4. The SMILES string of the molecule is COCC(C)O.COCC(C)Oc1cc(Br)cc(C#N)c1.N#Cc1cc(F)cc(Br)c1. The van der Waals surface area contributed by atoms with Crippen LogP contribution in [0.4, 0.5) is 4.39 Å². The maximum Gasteiger partial charge on any atom is 0.125 e. The summed E-state index contributed by atoms with van der Waals surface area (Å²) in [4.78, 5) is 0. The van der Waals surface area contributed by atoms with E-state index < -0.39 is 5.82 Å². The van der Waals surface area contributed by atoms with Crippen LogP contribution < -0.4 is 4.74 Å². The highest BCUT2D eigenvalue weighted by molar-refractivity contribution is 9.10. The molecule has 0 aliphatic rings. The van der Waals surface area contributed by atoms with Gasteiger partial charge in [-0.2, -0.15) is 10.5 Å². The molecule has 168 valence electrons. The lowest BCUT2D eigenvalue weighted by Crippen LogP contribution is -2.17. The lowest BCUT2D eigenvalue weighted by molar-refractivity contribution is 0.0765. The van der Waals surface area contributed by atoms with Crippen LogP contribution in [0.1, 0.15) is 25.0 Å². The van der Waals surface area contributed by atoms with Crippen molar-refractivity contribution >= 4 is 31.9 Å². The molecule has 31 heavy (non-hydrogen) atoms. The Hall–Kier alpha value is -2.01. The number of rotatable bonds is 6. The van der Waals surface area contributed by atoms with Crippen molar-refractivity contribution in [2.24, 2.45) is 0 Å².